The Morgan fingerprint density at radius 2 is 2.06 bits per heavy atom. The quantitative estimate of drug-likeness (QED) is 0.434. The number of benzene rings is 1. The summed E-state index contributed by atoms with van der Waals surface area (Å²) >= 11 is 6.39. The van der Waals surface area contributed by atoms with Crippen LogP contribution >= 0.6 is 11.6 Å². The van der Waals surface area contributed by atoms with Crippen LogP contribution in [0.25, 0.3) is 0 Å². The van der Waals surface area contributed by atoms with Gasteiger partial charge in [-0.3, -0.25) is 9.69 Å². The number of carbonyl (C=O) groups is 1. The van der Waals surface area contributed by atoms with E-state index < -0.39 is 0 Å². The zero-order valence-corrected chi connectivity index (χ0v) is 19.5. The van der Waals surface area contributed by atoms with E-state index in [0.717, 1.165) is 38.9 Å². The summed E-state index contributed by atoms with van der Waals surface area (Å²) in [5.41, 5.74) is 3.41. The standard InChI is InChI=1S/C25H35ClN2O3/c1-18(2)20-6-4-19(5-7-20)17-28-13-10-22(11-14-28)31-24-9-8-21(16-23(24)26)25(29)27-12-15-30-3/h4,8-9,16,20,22H,1,5-7,10-15,17H2,2-3H3,(H,27,29)/t20-/m1/s1. The molecule has 0 aromatic heterocycles. The lowest BCUT2D eigenvalue weighted by Gasteiger charge is -2.34. The lowest BCUT2D eigenvalue weighted by Crippen LogP contribution is -2.39. The molecule has 1 atom stereocenters. The third-order valence-electron chi connectivity index (χ3n) is 6.24. The number of ether oxygens (including phenoxy) is 2. The van der Waals surface area contributed by atoms with Crippen molar-refractivity contribution in [3.05, 3.63) is 52.6 Å². The zero-order valence-electron chi connectivity index (χ0n) is 18.8. The van der Waals surface area contributed by atoms with E-state index in [0.29, 0.717) is 35.4 Å². The van der Waals surface area contributed by atoms with E-state index in [4.69, 9.17) is 21.1 Å². The molecule has 3 rings (SSSR count). The minimum Gasteiger partial charge on any atom is -0.489 e. The topological polar surface area (TPSA) is 50.8 Å². The zero-order chi connectivity index (χ0) is 22.2. The second-order valence-electron chi connectivity index (χ2n) is 8.67. The summed E-state index contributed by atoms with van der Waals surface area (Å²) in [6.45, 7) is 10.3. The van der Waals surface area contributed by atoms with Gasteiger partial charge >= 0.3 is 0 Å². The van der Waals surface area contributed by atoms with Crippen LogP contribution in [0.2, 0.25) is 5.02 Å². The number of halogens is 1. The van der Waals surface area contributed by atoms with E-state index in [1.807, 2.05) is 0 Å². The van der Waals surface area contributed by atoms with Gasteiger partial charge < -0.3 is 14.8 Å². The number of methoxy groups -OCH3 is 1. The van der Waals surface area contributed by atoms with Crippen LogP contribution in [0.1, 0.15) is 49.4 Å². The number of rotatable bonds is 9. The molecule has 6 heteroatoms. The van der Waals surface area contributed by atoms with Crippen LogP contribution in [-0.4, -0.2) is 56.8 Å². The highest BCUT2D eigenvalue weighted by Crippen LogP contribution is 2.30. The third kappa shape index (κ3) is 7.09. The van der Waals surface area contributed by atoms with Crippen molar-refractivity contribution in [2.45, 2.75) is 45.1 Å². The number of allylic oxidation sites excluding steroid dienone is 2. The second-order valence-corrected chi connectivity index (χ2v) is 9.07. The molecule has 1 amide bonds. The van der Waals surface area contributed by atoms with Crippen molar-refractivity contribution < 1.29 is 14.3 Å². The fraction of sp³-hybridized carbons (Fsp3) is 0.560. The van der Waals surface area contributed by atoms with Gasteiger partial charge in [-0.2, -0.15) is 0 Å². The lowest BCUT2D eigenvalue weighted by atomic mass is 9.85. The fourth-order valence-electron chi connectivity index (χ4n) is 4.24. The number of nitrogens with zero attached hydrogens (tertiary/aromatic N) is 1. The predicted octanol–water partition coefficient (Wildman–Crippen LogP) is 4.86. The number of nitrogens with one attached hydrogen (secondary N) is 1. The fourth-order valence-corrected chi connectivity index (χ4v) is 4.46. The summed E-state index contributed by atoms with van der Waals surface area (Å²) in [6, 6.07) is 5.22. The van der Waals surface area contributed by atoms with Gasteiger partial charge in [-0.1, -0.05) is 35.4 Å². The SMILES string of the molecule is C=C(C)[C@@H]1CC=C(CN2CCC(Oc3ccc(C(=O)NCCOC)cc3Cl)CC2)CC1. The van der Waals surface area contributed by atoms with Crippen LogP contribution in [-0.2, 0) is 4.74 Å². The Balaban J connectivity index is 1.44. The maximum atomic E-state index is 12.1. The van der Waals surface area contributed by atoms with Crippen molar-refractivity contribution >= 4 is 17.5 Å². The van der Waals surface area contributed by atoms with Crippen LogP contribution in [0.4, 0.5) is 0 Å². The molecule has 5 nitrogen and oxygen atoms in total. The Morgan fingerprint density at radius 1 is 1.29 bits per heavy atom. The molecule has 1 N–H and O–H groups in total. The third-order valence-corrected chi connectivity index (χ3v) is 6.54. The molecular formula is C25H35ClN2O3. The van der Waals surface area contributed by atoms with E-state index in [1.165, 1.54) is 18.4 Å². The van der Waals surface area contributed by atoms with Gasteiger partial charge in [0.15, 0.2) is 0 Å². The average molecular weight is 447 g/mol. The minimum absolute atomic E-state index is 0.156. The Kier molecular flexibility index (Phi) is 9.00. The normalized spacial score (nSPS) is 20.2. The highest BCUT2D eigenvalue weighted by Gasteiger charge is 2.23. The van der Waals surface area contributed by atoms with Crippen LogP contribution in [0.15, 0.2) is 42.0 Å². The Morgan fingerprint density at radius 3 is 2.68 bits per heavy atom. The van der Waals surface area contributed by atoms with Crippen LogP contribution in [0.3, 0.4) is 0 Å². The largest absolute Gasteiger partial charge is 0.489 e. The molecule has 1 aliphatic carbocycles. The number of carbonyl (C=O) groups excluding carboxylic acids is 1. The molecule has 0 saturated carbocycles. The summed E-state index contributed by atoms with van der Waals surface area (Å²) in [5.74, 6) is 1.15. The second kappa shape index (κ2) is 11.7. The van der Waals surface area contributed by atoms with Crippen LogP contribution in [0, 0.1) is 5.92 Å². The first kappa shape index (κ1) is 23.8. The molecule has 1 aromatic rings. The van der Waals surface area contributed by atoms with Crippen molar-refractivity contribution in [3.63, 3.8) is 0 Å². The van der Waals surface area contributed by atoms with Crippen molar-refractivity contribution in [1.82, 2.24) is 10.2 Å². The Labute approximate surface area is 191 Å². The smallest absolute Gasteiger partial charge is 0.251 e. The first-order valence-corrected chi connectivity index (χ1v) is 11.6. The monoisotopic (exact) mass is 446 g/mol. The number of hydrogen-bond acceptors (Lipinski definition) is 4. The Bertz CT molecular complexity index is 800. The summed E-state index contributed by atoms with van der Waals surface area (Å²) in [7, 11) is 1.60. The van der Waals surface area contributed by atoms with Gasteiger partial charge in [0.2, 0.25) is 0 Å². The molecule has 2 aliphatic rings. The van der Waals surface area contributed by atoms with Crippen molar-refractivity contribution in [1.29, 1.82) is 0 Å². The Hall–Kier alpha value is -1.82. The molecule has 1 aromatic carbocycles. The minimum atomic E-state index is -0.162. The first-order chi connectivity index (χ1) is 15.0. The van der Waals surface area contributed by atoms with E-state index in [1.54, 1.807) is 30.9 Å². The maximum Gasteiger partial charge on any atom is 0.251 e. The molecule has 0 spiro atoms. The van der Waals surface area contributed by atoms with Gasteiger partial charge in [-0.15, -0.1) is 0 Å². The van der Waals surface area contributed by atoms with Gasteiger partial charge in [0.25, 0.3) is 5.91 Å². The summed E-state index contributed by atoms with van der Waals surface area (Å²) in [6.07, 6.45) is 8.12. The van der Waals surface area contributed by atoms with Gasteiger partial charge in [0.05, 0.1) is 11.6 Å². The average Bonchev–Trinajstić information content (AvgIpc) is 2.77. The number of amides is 1. The van der Waals surface area contributed by atoms with Crippen LogP contribution < -0.4 is 10.1 Å². The molecule has 0 bridgehead atoms. The highest BCUT2D eigenvalue weighted by atomic mass is 35.5. The number of hydrogen-bond donors (Lipinski definition) is 1. The van der Waals surface area contributed by atoms with Crippen molar-refractivity contribution in [3.8, 4) is 5.75 Å². The molecule has 0 unspecified atom stereocenters. The van der Waals surface area contributed by atoms with Gasteiger partial charge in [-0.25, -0.2) is 0 Å². The summed E-state index contributed by atoms with van der Waals surface area (Å²) in [5, 5.41) is 3.27. The summed E-state index contributed by atoms with van der Waals surface area (Å²) < 4.78 is 11.1. The number of piperidine rings is 1. The molecular weight excluding hydrogens is 412 g/mol. The summed E-state index contributed by atoms with van der Waals surface area (Å²) in [4.78, 5) is 14.7. The molecule has 1 saturated heterocycles. The van der Waals surface area contributed by atoms with Gasteiger partial charge in [0.1, 0.15) is 11.9 Å². The molecule has 0 radical (unpaired) electrons. The molecule has 1 fully saturated rings. The molecule has 31 heavy (non-hydrogen) atoms. The molecule has 170 valence electrons. The van der Waals surface area contributed by atoms with E-state index >= 15 is 0 Å². The first-order valence-electron chi connectivity index (χ1n) is 11.2. The maximum absolute atomic E-state index is 12.1. The lowest BCUT2D eigenvalue weighted by molar-refractivity contribution is 0.0936. The van der Waals surface area contributed by atoms with E-state index in [-0.39, 0.29) is 12.0 Å². The predicted molar refractivity (Wildman–Crippen MR) is 126 cm³/mol. The molecule has 1 heterocycles. The number of likely N-dealkylation sites (tertiary alicyclic amines) is 1. The van der Waals surface area contributed by atoms with Gasteiger partial charge in [-0.05, 0) is 63.1 Å². The van der Waals surface area contributed by atoms with E-state index in [2.05, 4.69) is 29.8 Å². The van der Waals surface area contributed by atoms with Crippen molar-refractivity contribution in [2.75, 3.05) is 39.9 Å². The van der Waals surface area contributed by atoms with Crippen molar-refractivity contribution in [2.24, 2.45) is 5.92 Å². The highest BCUT2D eigenvalue weighted by molar-refractivity contribution is 6.32. The van der Waals surface area contributed by atoms with Crippen LogP contribution in [0.5, 0.6) is 5.75 Å². The van der Waals surface area contributed by atoms with E-state index in [9.17, 15) is 4.79 Å². The molecule has 1 aliphatic heterocycles. The van der Waals surface area contributed by atoms with Gasteiger partial charge in [0, 0.05) is 38.9 Å².